The minimum Gasteiger partial charge on any atom is -0.491 e. The first-order chi connectivity index (χ1) is 24.4. The fourth-order valence-electron chi connectivity index (χ4n) is 5.75. The topological polar surface area (TPSA) is 63.2 Å². The minimum absolute atomic E-state index is 0.00144. The van der Waals surface area contributed by atoms with Crippen LogP contribution >= 0.6 is 0 Å². The maximum atomic E-state index is 13.5. The molecule has 2 rings (SSSR count). The molecule has 0 bridgehead atoms. The molecule has 1 aliphatic carbocycles. The van der Waals surface area contributed by atoms with Crippen molar-refractivity contribution >= 4 is 30.9 Å². The largest absolute Gasteiger partial charge is 0.491 e. The number of allylic oxidation sites excluding steroid dienone is 2. The van der Waals surface area contributed by atoms with E-state index in [9.17, 15) is 18.0 Å². The van der Waals surface area contributed by atoms with Gasteiger partial charge in [-0.05, 0) is 104 Å². The van der Waals surface area contributed by atoms with Gasteiger partial charge in [-0.25, -0.2) is 0 Å². The molecule has 2 unspecified atom stereocenters. The number of unbranched alkanes of at least 4 members (excludes halogenated alkanes) is 1. The predicted molar refractivity (Wildman–Crippen MR) is 224 cm³/mol. The second kappa shape index (κ2) is 18.7. The fourth-order valence-corrected chi connectivity index (χ4v) is 9.75. The Morgan fingerprint density at radius 2 is 1.39 bits per heavy atom. The Kier molecular flexibility index (Phi) is 16.8. The van der Waals surface area contributed by atoms with Gasteiger partial charge in [-0.15, -0.1) is 0 Å². The lowest BCUT2D eigenvalue weighted by Gasteiger charge is -2.40. The molecule has 1 aliphatic rings. The average molecular weight is 815 g/mol. The zero-order valence-corrected chi connectivity index (χ0v) is 39.3. The van der Waals surface area contributed by atoms with E-state index in [1.807, 2.05) is 0 Å². The summed E-state index contributed by atoms with van der Waals surface area (Å²) in [7, 11) is -5.30. The van der Waals surface area contributed by atoms with Crippen molar-refractivity contribution in [1.29, 1.82) is 0 Å². The highest BCUT2D eigenvalue weighted by Gasteiger charge is 2.50. The van der Waals surface area contributed by atoms with Gasteiger partial charge in [0.2, 0.25) is 0 Å². The Bertz CT molecular complexity index is 1400. The summed E-state index contributed by atoms with van der Waals surface area (Å²) in [5, 5.41) is -0.0742. The molecule has 1 aromatic rings. The summed E-state index contributed by atoms with van der Waals surface area (Å²) in [5.41, 5.74) is -0.747. The number of esters is 1. The van der Waals surface area contributed by atoms with Crippen LogP contribution in [0.25, 0.3) is 0 Å². The van der Waals surface area contributed by atoms with E-state index >= 15 is 0 Å². The summed E-state index contributed by atoms with van der Waals surface area (Å²) in [6.07, 6.45) is 7.01. The number of methoxy groups -OCH3 is 1. The molecule has 0 saturated heterocycles. The third-order valence-electron chi connectivity index (χ3n) is 12.3. The second-order valence-corrected chi connectivity index (χ2v) is 33.9. The van der Waals surface area contributed by atoms with Crippen LogP contribution in [0, 0.1) is 11.8 Å². The molecule has 12 heteroatoms. The Labute approximate surface area is 329 Å². The van der Waals surface area contributed by atoms with Gasteiger partial charge in [0.25, 0.3) is 0 Å². The van der Waals surface area contributed by atoms with Gasteiger partial charge in [0.05, 0.1) is 31.0 Å². The van der Waals surface area contributed by atoms with E-state index in [1.165, 1.54) is 13.2 Å². The lowest BCUT2D eigenvalue weighted by atomic mass is 9.89. The summed E-state index contributed by atoms with van der Waals surface area (Å²) in [4.78, 5) is 11.7. The number of rotatable bonds is 17. The van der Waals surface area contributed by atoms with E-state index in [2.05, 4.69) is 126 Å². The summed E-state index contributed by atoms with van der Waals surface area (Å²) >= 11 is 0. The van der Waals surface area contributed by atoms with Crippen LogP contribution in [0.4, 0.5) is 13.2 Å². The first kappa shape index (κ1) is 48.4. The van der Waals surface area contributed by atoms with E-state index in [1.54, 1.807) is 6.07 Å². The number of alkyl halides is 3. The lowest BCUT2D eigenvalue weighted by molar-refractivity contribution is -0.140. The molecule has 1 aromatic carbocycles. The number of ether oxygens (including phenoxy) is 2. The van der Waals surface area contributed by atoms with E-state index in [0.29, 0.717) is 6.42 Å². The van der Waals surface area contributed by atoms with Gasteiger partial charge in [0.15, 0.2) is 25.0 Å². The van der Waals surface area contributed by atoms with Gasteiger partial charge in [-0.3, -0.25) is 4.79 Å². The van der Waals surface area contributed by atoms with Crippen molar-refractivity contribution in [2.45, 2.75) is 173 Å². The van der Waals surface area contributed by atoms with Crippen LogP contribution in [0.2, 0.25) is 54.4 Å². The van der Waals surface area contributed by atoms with E-state index in [0.717, 1.165) is 37.8 Å². The molecule has 0 spiro atoms. The van der Waals surface area contributed by atoms with Crippen LogP contribution in [0.1, 0.15) is 100.0 Å². The number of benzene rings is 1. The van der Waals surface area contributed by atoms with Gasteiger partial charge < -0.3 is 22.8 Å². The molecule has 0 aromatic heterocycles. The molecule has 54 heavy (non-hydrogen) atoms. The number of hydrogen-bond donors (Lipinski definition) is 0. The Morgan fingerprint density at radius 1 is 0.833 bits per heavy atom. The number of halogens is 3. The average Bonchev–Trinajstić information content (AvgIpc) is 3.31. The van der Waals surface area contributed by atoms with Crippen molar-refractivity contribution in [1.82, 2.24) is 0 Å². The molecule has 1 fully saturated rings. The van der Waals surface area contributed by atoms with E-state index in [-0.39, 0.29) is 57.5 Å². The highest BCUT2D eigenvalue weighted by molar-refractivity contribution is 6.75. The maximum absolute atomic E-state index is 13.5. The Balaban J connectivity index is 2.62. The molecule has 0 heterocycles. The zero-order chi connectivity index (χ0) is 41.6. The van der Waals surface area contributed by atoms with Crippen LogP contribution in [0.15, 0.2) is 48.6 Å². The molecule has 310 valence electrons. The van der Waals surface area contributed by atoms with Crippen molar-refractivity contribution in [3.63, 3.8) is 0 Å². The number of carbonyl (C=O) groups excluding carboxylic acids is 1. The summed E-state index contributed by atoms with van der Waals surface area (Å²) in [6, 6.07) is 5.02. The standard InChI is InChI=1S/C42H73F3O6Si3/c1-39(2,3)52(11,12)49-33(30-48-32-23-21-22-31(28-32)42(43,44)45)26-27-35-34(24-19-17-18-20-25-38(46)47-10)36(50-53(13,14)40(4,5)6)29-37(35)51-54(15,16)41(7,8)9/h17,19,21-23,26-28,33-37H,18,20,24-25,29-30H2,1-16H3/b19-17-,27-26+/t33-,34-,35-,36?,37?/m1/s1. The minimum atomic E-state index is -4.47. The highest BCUT2D eigenvalue weighted by atomic mass is 28.4. The third kappa shape index (κ3) is 14.0. The van der Waals surface area contributed by atoms with Crippen LogP contribution in [-0.2, 0) is 29.0 Å². The van der Waals surface area contributed by atoms with Gasteiger partial charge in [-0.1, -0.05) is 92.7 Å². The summed E-state index contributed by atoms with van der Waals surface area (Å²) in [6.45, 7) is 33.7. The molecule has 5 atom stereocenters. The van der Waals surface area contributed by atoms with Crippen molar-refractivity contribution in [2.24, 2.45) is 11.8 Å². The van der Waals surface area contributed by atoms with Crippen LogP contribution in [0.5, 0.6) is 5.75 Å². The van der Waals surface area contributed by atoms with Gasteiger partial charge in [0, 0.05) is 12.3 Å². The predicted octanol–water partition coefficient (Wildman–Crippen LogP) is 12.7. The van der Waals surface area contributed by atoms with Crippen molar-refractivity contribution in [3.05, 3.63) is 54.1 Å². The zero-order valence-electron chi connectivity index (χ0n) is 36.3. The SMILES string of the molecule is COC(=O)CCC/C=C\C[C@H]1C(O[Si](C)(C)C(C)(C)C)CC(O[Si](C)(C)C(C)(C)C)[C@@H]1/C=C/[C@H](COc1cccc(C(F)(F)F)c1)O[Si](C)(C)C(C)(C)C. The molecule has 0 amide bonds. The van der Waals surface area contributed by atoms with Crippen LogP contribution in [-0.4, -0.2) is 63.0 Å². The molecule has 1 saturated carbocycles. The van der Waals surface area contributed by atoms with E-state index in [4.69, 9.17) is 22.8 Å². The lowest BCUT2D eigenvalue weighted by Crippen LogP contribution is -2.45. The van der Waals surface area contributed by atoms with Gasteiger partial charge >= 0.3 is 12.1 Å². The van der Waals surface area contributed by atoms with Gasteiger partial charge in [0.1, 0.15) is 12.4 Å². The van der Waals surface area contributed by atoms with E-state index < -0.39 is 42.8 Å². The highest BCUT2D eigenvalue weighted by Crippen LogP contribution is 2.48. The molecule has 0 aliphatic heterocycles. The maximum Gasteiger partial charge on any atom is 0.416 e. The molecule has 0 radical (unpaired) electrons. The monoisotopic (exact) mass is 814 g/mol. The first-order valence-electron chi connectivity index (χ1n) is 19.7. The number of hydrogen-bond acceptors (Lipinski definition) is 6. The molecular formula is C42H73F3O6Si3. The Morgan fingerprint density at radius 3 is 1.91 bits per heavy atom. The van der Waals surface area contributed by atoms with Crippen molar-refractivity contribution in [2.75, 3.05) is 13.7 Å². The quantitative estimate of drug-likeness (QED) is 0.0675. The normalized spacial score (nSPS) is 21.6. The van der Waals surface area contributed by atoms with Gasteiger partial charge in [-0.2, -0.15) is 13.2 Å². The summed E-state index contributed by atoms with van der Waals surface area (Å²) < 4.78 is 72.9. The third-order valence-corrected chi connectivity index (χ3v) is 25.8. The summed E-state index contributed by atoms with van der Waals surface area (Å²) in [5.74, 6) is 0.0528. The second-order valence-electron chi connectivity index (χ2n) is 19.6. The molecule has 6 nitrogen and oxygen atoms in total. The molecular weight excluding hydrogens is 742 g/mol. The van der Waals surface area contributed by atoms with Crippen LogP contribution in [0.3, 0.4) is 0 Å². The Hall–Kier alpha value is -1.71. The van der Waals surface area contributed by atoms with Crippen molar-refractivity contribution in [3.8, 4) is 5.75 Å². The van der Waals surface area contributed by atoms with Crippen molar-refractivity contribution < 1.29 is 40.7 Å². The first-order valence-corrected chi connectivity index (χ1v) is 28.4. The fraction of sp³-hybridized carbons (Fsp3) is 0.738. The molecule has 0 N–H and O–H groups in total. The smallest absolute Gasteiger partial charge is 0.416 e. The van der Waals surface area contributed by atoms with Crippen LogP contribution < -0.4 is 4.74 Å². The number of carbonyl (C=O) groups is 1.